The van der Waals surface area contributed by atoms with Crippen molar-refractivity contribution >= 4 is 17.1 Å². The van der Waals surface area contributed by atoms with Gasteiger partial charge in [-0.15, -0.1) is 17.9 Å². The lowest BCUT2D eigenvalue weighted by atomic mass is 10.1. The molecule has 0 saturated carbocycles. The molecule has 0 saturated heterocycles. The topological polar surface area (TPSA) is 56.0 Å². The number of ketones is 1. The zero-order chi connectivity index (χ0) is 10.6. The van der Waals surface area contributed by atoms with Crippen molar-refractivity contribution in [2.24, 2.45) is 5.73 Å². The van der Waals surface area contributed by atoms with Crippen LogP contribution in [0.25, 0.3) is 0 Å². The quantitative estimate of drug-likeness (QED) is 0.749. The predicted molar refractivity (Wildman–Crippen MR) is 58.4 cm³/mol. The van der Waals surface area contributed by atoms with E-state index in [4.69, 9.17) is 5.73 Å². The van der Waals surface area contributed by atoms with Gasteiger partial charge in [0.25, 0.3) is 0 Å². The van der Waals surface area contributed by atoms with E-state index >= 15 is 0 Å². The first-order valence-corrected chi connectivity index (χ1v) is 5.31. The van der Waals surface area contributed by atoms with Gasteiger partial charge in [0.1, 0.15) is 0 Å². The zero-order valence-electron chi connectivity index (χ0n) is 8.19. The third kappa shape index (κ3) is 3.05. The van der Waals surface area contributed by atoms with Gasteiger partial charge >= 0.3 is 0 Å². The number of thiazole rings is 1. The molecule has 2 N–H and O–H groups in total. The number of aromatic nitrogens is 1. The number of aryl methyl sites for hydroxylation is 1. The number of Topliss-reactive ketones (excluding diaryl/α,β-unsaturated/α-hetero) is 1. The van der Waals surface area contributed by atoms with E-state index in [1.54, 1.807) is 17.4 Å². The Morgan fingerprint density at radius 3 is 3.07 bits per heavy atom. The second-order valence-electron chi connectivity index (χ2n) is 3.13. The molecule has 0 aliphatic carbocycles. The average Bonchev–Trinajstić information content (AvgIpc) is 2.51. The molecule has 1 rings (SSSR count). The van der Waals surface area contributed by atoms with Gasteiger partial charge < -0.3 is 5.73 Å². The fourth-order valence-corrected chi connectivity index (χ4v) is 1.72. The molecule has 76 valence electrons. The second-order valence-corrected chi connectivity index (χ2v) is 4.19. The van der Waals surface area contributed by atoms with Crippen LogP contribution in [0.2, 0.25) is 0 Å². The van der Waals surface area contributed by atoms with Crippen molar-refractivity contribution in [3.8, 4) is 0 Å². The largest absolute Gasteiger partial charge is 0.321 e. The lowest BCUT2D eigenvalue weighted by Gasteiger charge is -2.05. The van der Waals surface area contributed by atoms with E-state index in [2.05, 4.69) is 11.6 Å². The third-order valence-corrected chi connectivity index (χ3v) is 2.68. The molecule has 1 unspecified atom stereocenters. The maximum absolute atomic E-state index is 11.5. The van der Waals surface area contributed by atoms with Crippen LogP contribution in [0.1, 0.15) is 17.1 Å². The van der Waals surface area contributed by atoms with Crippen LogP contribution in [-0.2, 0) is 11.2 Å². The molecule has 1 aromatic rings. The molecule has 0 radical (unpaired) electrons. The van der Waals surface area contributed by atoms with Gasteiger partial charge in [-0.05, 0) is 13.3 Å². The lowest BCUT2D eigenvalue weighted by Crippen LogP contribution is -2.31. The van der Waals surface area contributed by atoms with Crippen LogP contribution in [0.3, 0.4) is 0 Å². The Morgan fingerprint density at radius 2 is 2.57 bits per heavy atom. The Labute approximate surface area is 87.7 Å². The number of hydrogen-bond acceptors (Lipinski definition) is 4. The minimum Gasteiger partial charge on any atom is -0.321 e. The normalized spacial score (nSPS) is 12.4. The molecule has 1 atom stereocenters. The Morgan fingerprint density at radius 1 is 1.86 bits per heavy atom. The third-order valence-electron chi connectivity index (χ3n) is 1.86. The molecule has 0 fully saturated rings. The van der Waals surface area contributed by atoms with Crippen LogP contribution in [0.15, 0.2) is 18.0 Å². The summed E-state index contributed by atoms with van der Waals surface area (Å²) in [4.78, 5) is 15.7. The van der Waals surface area contributed by atoms with Crippen LogP contribution in [0.5, 0.6) is 0 Å². The Bertz CT molecular complexity index is 333. The van der Waals surface area contributed by atoms with Crippen molar-refractivity contribution in [2.75, 3.05) is 0 Å². The van der Waals surface area contributed by atoms with E-state index < -0.39 is 6.04 Å². The summed E-state index contributed by atoms with van der Waals surface area (Å²) < 4.78 is 0. The maximum Gasteiger partial charge on any atom is 0.155 e. The summed E-state index contributed by atoms with van der Waals surface area (Å²) in [5, 5.41) is 2.87. The molecule has 0 bridgehead atoms. The van der Waals surface area contributed by atoms with Crippen molar-refractivity contribution in [3.05, 3.63) is 28.7 Å². The second kappa shape index (κ2) is 5.02. The first-order valence-electron chi connectivity index (χ1n) is 4.43. The summed E-state index contributed by atoms with van der Waals surface area (Å²) >= 11 is 1.55. The Hall–Kier alpha value is -1.00. The number of nitrogens with zero attached hydrogens (tertiary/aromatic N) is 1. The molecule has 1 aromatic heterocycles. The summed E-state index contributed by atoms with van der Waals surface area (Å²) in [5.41, 5.74) is 6.45. The fraction of sp³-hybridized carbons (Fsp3) is 0.400. The summed E-state index contributed by atoms with van der Waals surface area (Å²) in [5.74, 6) is 0.0233. The molecule has 3 nitrogen and oxygen atoms in total. The standard InChI is InChI=1S/C10H14N2OS/c1-3-4-9(11)10(13)5-8-6-14-7(2)12-8/h3,6,9H,1,4-5,11H2,2H3. The SMILES string of the molecule is C=CCC(N)C(=O)Cc1csc(C)n1. The summed E-state index contributed by atoms with van der Waals surface area (Å²) in [7, 11) is 0. The number of hydrogen-bond donors (Lipinski definition) is 1. The number of nitrogens with two attached hydrogens (primary N) is 1. The van der Waals surface area contributed by atoms with Gasteiger partial charge in [0.15, 0.2) is 5.78 Å². The van der Waals surface area contributed by atoms with Crippen LogP contribution in [-0.4, -0.2) is 16.8 Å². The first-order chi connectivity index (χ1) is 6.63. The molecular formula is C10H14N2OS. The molecule has 0 aliphatic rings. The van der Waals surface area contributed by atoms with Crippen LogP contribution in [0.4, 0.5) is 0 Å². The minimum absolute atomic E-state index is 0.0233. The molecule has 0 spiro atoms. The predicted octanol–water partition coefficient (Wildman–Crippen LogP) is 1.47. The van der Waals surface area contributed by atoms with E-state index in [0.29, 0.717) is 12.8 Å². The van der Waals surface area contributed by atoms with Crippen molar-refractivity contribution in [1.29, 1.82) is 0 Å². The van der Waals surface area contributed by atoms with Crippen molar-refractivity contribution < 1.29 is 4.79 Å². The first kappa shape index (κ1) is 11.1. The monoisotopic (exact) mass is 210 g/mol. The van der Waals surface area contributed by atoms with Crippen molar-refractivity contribution in [1.82, 2.24) is 4.98 Å². The Kier molecular flexibility index (Phi) is 3.98. The van der Waals surface area contributed by atoms with Crippen LogP contribution in [0, 0.1) is 6.92 Å². The van der Waals surface area contributed by atoms with Gasteiger partial charge in [-0.1, -0.05) is 6.08 Å². The number of carbonyl (C=O) groups is 1. The van der Waals surface area contributed by atoms with Gasteiger partial charge in [-0.3, -0.25) is 4.79 Å². The Balaban J connectivity index is 2.52. The van der Waals surface area contributed by atoms with E-state index in [9.17, 15) is 4.79 Å². The van der Waals surface area contributed by atoms with E-state index in [-0.39, 0.29) is 5.78 Å². The lowest BCUT2D eigenvalue weighted by molar-refractivity contribution is -0.119. The highest BCUT2D eigenvalue weighted by atomic mass is 32.1. The molecule has 14 heavy (non-hydrogen) atoms. The highest BCUT2D eigenvalue weighted by Crippen LogP contribution is 2.09. The molecular weight excluding hydrogens is 196 g/mol. The summed E-state index contributed by atoms with van der Waals surface area (Å²) in [6.07, 6.45) is 2.52. The number of rotatable bonds is 5. The van der Waals surface area contributed by atoms with Crippen molar-refractivity contribution in [3.63, 3.8) is 0 Å². The van der Waals surface area contributed by atoms with E-state index in [1.807, 2.05) is 12.3 Å². The van der Waals surface area contributed by atoms with E-state index in [1.165, 1.54) is 0 Å². The molecule has 4 heteroatoms. The van der Waals surface area contributed by atoms with Gasteiger partial charge in [-0.25, -0.2) is 4.98 Å². The summed E-state index contributed by atoms with van der Waals surface area (Å²) in [6, 6.07) is -0.436. The van der Waals surface area contributed by atoms with Gasteiger partial charge in [0, 0.05) is 5.38 Å². The molecule has 1 heterocycles. The van der Waals surface area contributed by atoms with Crippen LogP contribution < -0.4 is 5.73 Å². The molecule has 0 amide bonds. The van der Waals surface area contributed by atoms with Crippen molar-refractivity contribution in [2.45, 2.75) is 25.8 Å². The number of carbonyl (C=O) groups excluding carboxylic acids is 1. The maximum atomic E-state index is 11.5. The van der Waals surface area contributed by atoms with Gasteiger partial charge in [0.05, 0.1) is 23.2 Å². The highest BCUT2D eigenvalue weighted by molar-refractivity contribution is 7.09. The summed E-state index contributed by atoms with van der Waals surface area (Å²) in [6.45, 7) is 5.47. The molecule has 0 aromatic carbocycles. The smallest absolute Gasteiger partial charge is 0.155 e. The molecule has 0 aliphatic heterocycles. The van der Waals surface area contributed by atoms with Crippen LogP contribution >= 0.6 is 11.3 Å². The van der Waals surface area contributed by atoms with Gasteiger partial charge in [0.2, 0.25) is 0 Å². The zero-order valence-corrected chi connectivity index (χ0v) is 9.01. The fourth-order valence-electron chi connectivity index (χ4n) is 1.11. The average molecular weight is 210 g/mol. The minimum atomic E-state index is -0.436. The van der Waals surface area contributed by atoms with E-state index in [0.717, 1.165) is 10.7 Å². The highest BCUT2D eigenvalue weighted by Gasteiger charge is 2.13. The van der Waals surface area contributed by atoms with Gasteiger partial charge in [-0.2, -0.15) is 0 Å².